The van der Waals surface area contributed by atoms with Gasteiger partial charge in [0.25, 0.3) is 5.56 Å². The highest BCUT2D eigenvalue weighted by Gasteiger charge is 2.19. The van der Waals surface area contributed by atoms with Gasteiger partial charge in [-0.05, 0) is 50.6 Å². The normalized spacial score (nSPS) is 11.1. The largest absolute Gasteiger partial charge is 0.497 e. The lowest BCUT2D eigenvalue weighted by atomic mass is 10.0. The van der Waals surface area contributed by atoms with Crippen molar-refractivity contribution in [2.75, 3.05) is 7.11 Å². The van der Waals surface area contributed by atoms with Gasteiger partial charge in [-0.1, -0.05) is 23.8 Å². The molecule has 2 aromatic carbocycles. The van der Waals surface area contributed by atoms with Crippen LogP contribution in [0.4, 0.5) is 0 Å². The smallest absolute Gasteiger partial charge is 0.294 e. The van der Waals surface area contributed by atoms with E-state index in [1.54, 1.807) is 31.4 Å². The Labute approximate surface area is 177 Å². The molecule has 0 amide bonds. The van der Waals surface area contributed by atoms with Crippen LogP contribution in [0.2, 0.25) is 0 Å². The van der Waals surface area contributed by atoms with Crippen LogP contribution in [0.25, 0.3) is 21.5 Å². The van der Waals surface area contributed by atoms with Crippen molar-refractivity contribution >= 4 is 27.3 Å². The predicted octanol–water partition coefficient (Wildman–Crippen LogP) is 4.34. The van der Waals surface area contributed by atoms with E-state index < -0.39 is 0 Å². The third-order valence-electron chi connectivity index (χ3n) is 4.95. The Morgan fingerprint density at radius 2 is 1.83 bits per heavy atom. The van der Waals surface area contributed by atoms with E-state index in [4.69, 9.17) is 4.74 Å². The molecule has 0 aliphatic rings. The summed E-state index contributed by atoms with van der Waals surface area (Å²) in [5.41, 5.74) is 4.30. The van der Waals surface area contributed by atoms with E-state index in [-0.39, 0.29) is 17.9 Å². The van der Waals surface area contributed by atoms with E-state index >= 15 is 0 Å². The highest BCUT2D eigenvalue weighted by Crippen LogP contribution is 2.31. The lowest BCUT2D eigenvalue weighted by molar-refractivity contribution is 0.0966. The quantitative estimate of drug-likeness (QED) is 0.450. The number of benzene rings is 2. The van der Waals surface area contributed by atoms with Gasteiger partial charge < -0.3 is 4.74 Å². The molecule has 7 heteroatoms. The van der Waals surface area contributed by atoms with Gasteiger partial charge in [0.15, 0.2) is 11.3 Å². The zero-order valence-electron chi connectivity index (χ0n) is 17.2. The number of hydrogen-bond donors (Lipinski definition) is 0. The van der Waals surface area contributed by atoms with E-state index in [9.17, 15) is 9.59 Å². The molecule has 152 valence electrons. The molecular weight excluding hydrogens is 398 g/mol. The first-order chi connectivity index (χ1) is 14.4. The molecule has 0 unspecified atom stereocenters. The molecule has 2 heterocycles. The Morgan fingerprint density at radius 3 is 2.50 bits per heavy atom. The number of fused-ring (bicyclic) bond motifs is 1. The summed E-state index contributed by atoms with van der Waals surface area (Å²) in [6.07, 6.45) is 0. The minimum atomic E-state index is -0.357. The molecule has 0 atom stereocenters. The Morgan fingerprint density at radius 1 is 1.10 bits per heavy atom. The molecule has 0 bridgehead atoms. The van der Waals surface area contributed by atoms with Gasteiger partial charge in [0.05, 0.1) is 16.8 Å². The molecule has 4 rings (SSSR count). The van der Waals surface area contributed by atoms with Crippen molar-refractivity contribution in [3.8, 4) is 17.0 Å². The maximum Gasteiger partial charge on any atom is 0.294 e. The predicted molar refractivity (Wildman–Crippen MR) is 119 cm³/mol. The van der Waals surface area contributed by atoms with Gasteiger partial charge in [-0.25, -0.2) is 9.67 Å². The highest BCUT2D eigenvalue weighted by atomic mass is 32.1. The molecule has 4 aromatic rings. The molecule has 0 N–H and O–H groups in total. The summed E-state index contributed by atoms with van der Waals surface area (Å²) in [5.74, 6) is 0.462. The molecule has 0 saturated carbocycles. The van der Waals surface area contributed by atoms with Gasteiger partial charge >= 0.3 is 0 Å². The minimum Gasteiger partial charge on any atom is -0.497 e. The van der Waals surface area contributed by atoms with E-state index in [0.717, 1.165) is 26.4 Å². The number of carbonyl (C=O) groups is 1. The van der Waals surface area contributed by atoms with E-state index in [0.29, 0.717) is 22.5 Å². The monoisotopic (exact) mass is 419 g/mol. The first kappa shape index (κ1) is 20.0. The number of aromatic nitrogens is 3. The average molecular weight is 420 g/mol. The second-order valence-electron chi connectivity index (χ2n) is 7.19. The fourth-order valence-electron chi connectivity index (χ4n) is 3.43. The van der Waals surface area contributed by atoms with Crippen molar-refractivity contribution in [3.05, 3.63) is 74.5 Å². The number of hydrogen-bond acceptors (Lipinski definition) is 6. The van der Waals surface area contributed by atoms with Crippen LogP contribution < -0.4 is 10.3 Å². The maximum absolute atomic E-state index is 13.0. The first-order valence-corrected chi connectivity index (χ1v) is 10.3. The molecule has 30 heavy (non-hydrogen) atoms. The van der Waals surface area contributed by atoms with Crippen molar-refractivity contribution in [3.63, 3.8) is 0 Å². The van der Waals surface area contributed by atoms with Crippen LogP contribution in [0, 0.1) is 20.8 Å². The van der Waals surface area contributed by atoms with Crippen LogP contribution >= 0.6 is 11.3 Å². The van der Waals surface area contributed by atoms with Gasteiger partial charge in [0, 0.05) is 11.1 Å². The second-order valence-corrected chi connectivity index (χ2v) is 8.40. The van der Waals surface area contributed by atoms with Crippen molar-refractivity contribution in [2.45, 2.75) is 27.3 Å². The maximum atomic E-state index is 13.0. The van der Waals surface area contributed by atoms with Crippen molar-refractivity contribution < 1.29 is 9.53 Å². The molecule has 2 aromatic heterocycles. The summed E-state index contributed by atoms with van der Waals surface area (Å²) >= 11 is 1.44. The number of methoxy groups -OCH3 is 1. The number of ketones is 1. The first-order valence-electron chi connectivity index (χ1n) is 9.50. The second kappa shape index (κ2) is 7.84. The van der Waals surface area contributed by atoms with Gasteiger partial charge in [0.2, 0.25) is 0 Å². The highest BCUT2D eigenvalue weighted by molar-refractivity contribution is 7.19. The van der Waals surface area contributed by atoms with Gasteiger partial charge in [0.1, 0.15) is 18.0 Å². The molecule has 0 spiro atoms. The fourth-order valence-corrected chi connectivity index (χ4v) is 4.34. The zero-order valence-corrected chi connectivity index (χ0v) is 18.0. The van der Waals surface area contributed by atoms with Crippen LogP contribution in [-0.4, -0.2) is 27.7 Å². The van der Waals surface area contributed by atoms with Crippen molar-refractivity contribution in [2.24, 2.45) is 0 Å². The molecule has 0 fully saturated rings. The van der Waals surface area contributed by atoms with Gasteiger partial charge in [-0.3, -0.25) is 9.59 Å². The fraction of sp³-hybridized carbons (Fsp3) is 0.217. The lowest BCUT2D eigenvalue weighted by Gasteiger charge is -2.11. The molecule has 6 nitrogen and oxygen atoms in total. The van der Waals surface area contributed by atoms with E-state index in [2.05, 4.69) is 16.1 Å². The SMILES string of the molecule is COc1ccc(C(=O)Cn2nc(-c3ccc(C)cc3C)c3sc(C)nc3c2=O)cc1. The van der Waals surface area contributed by atoms with Crippen LogP contribution in [0.15, 0.2) is 47.3 Å². The van der Waals surface area contributed by atoms with E-state index in [1.807, 2.05) is 32.9 Å². The summed E-state index contributed by atoms with van der Waals surface area (Å²) in [4.78, 5) is 30.2. The van der Waals surface area contributed by atoms with Crippen LogP contribution in [0.5, 0.6) is 5.75 Å². The summed E-state index contributed by atoms with van der Waals surface area (Å²) in [7, 11) is 1.57. The zero-order chi connectivity index (χ0) is 21.4. The summed E-state index contributed by atoms with van der Waals surface area (Å²) in [6.45, 7) is 5.76. The topological polar surface area (TPSA) is 74.1 Å². The number of carbonyl (C=O) groups excluding carboxylic acids is 1. The lowest BCUT2D eigenvalue weighted by Crippen LogP contribution is -2.27. The van der Waals surface area contributed by atoms with Crippen LogP contribution in [-0.2, 0) is 6.54 Å². The van der Waals surface area contributed by atoms with Gasteiger partial charge in [-0.2, -0.15) is 5.10 Å². The summed E-state index contributed by atoms with van der Waals surface area (Å²) < 4.78 is 7.11. The minimum absolute atomic E-state index is 0.157. The Kier molecular flexibility index (Phi) is 5.22. The van der Waals surface area contributed by atoms with Crippen LogP contribution in [0.3, 0.4) is 0 Å². The van der Waals surface area contributed by atoms with Gasteiger partial charge in [-0.15, -0.1) is 11.3 Å². The third kappa shape index (κ3) is 3.64. The number of Topliss-reactive ketones (excluding diaryl/α,β-unsaturated/α-hetero) is 1. The number of nitrogens with zero attached hydrogens (tertiary/aromatic N) is 3. The standard InChI is InChI=1S/C23H21N3O3S/c1-13-5-10-18(14(2)11-13)20-22-21(24-15(3)30-22)23(28)26(25-20)12-19(27)16-6-8-17(29-4)9-7-16/h5-11H,12H2,1-4H3. The average Bonchev–Trinajstić information content (AvgIpc) is 3.12. The summed E-state index contributed by atoms with van der Waals surface area (Å²) in [6, 6.07) is 12.9. The molecular formula is C23H21N3O3S. The van der Waals surface area contributed by atoms with Crippen molar-refractivity contribution in [1.29, 1.82) is 0 Å². The summed E-state index contributed by atoms with van der Waals surface area (Å²) in [5, 5.41) is 5.39. The number of rotatable bonds is 5. The molecule has 0 saturated heterocycles. The number of thiazole rings is 1. The number of aryl methyl sites for hydroxylation is 3. The Balaban J connectivity index is 1.83. The Hall–Kier alpha value is -3.32. The molecule has 0 aliphatic heterocycles. The van der Waals surface area contributed by atoms with Crippen molar-refractivity contribution in [1.82, 2.24) is 14.8 Å². The Bertz CT molecular complexity index is 1320. The molecule has 0 radical (unpaired) electrons. The number of ether oxygens (including phenoxy) is 1. The van der Waals surface area contributed by atoms with Crippen LogP contribution in [0.1, 0.15) is 26.5 Å². The van der Waals surface area contributed by atoms with E-state index in [1.165, 1.54) is 16.0 Å². The molecule has 0 aliphatic carbocycles. The third-order valence-corrected chi connectivity index (χ3v) is 5.93.